The second-order valence-electron chi connectivity index (χ2n) is 2.39. The number of benzene rings is 1. The van der Waals surface area contributed by atoms with E-state index >= 15 is 0 Å². The number of nitriles is 1. The lowest BCUT2D eigenvalue weighted by Crippen LogP contribution is -2.00. The molecule has 0 aliphatic rings. The quantitative estimate of drug-likeness (QED) is 0.621. The summed E-state index contributed by atoms with van der Waals surface area (Å²) in [5, 5.41) is 8.12. The van der Waals surface area contributed by atoms with E-state index in [1.807, 2.05) is 28.7 Å². The van der Waals surface area contributed by atoms with Crippen LogP contribution in [-0.4, -0.2) is 12.4 Å². The summed E-state index contributed by atoms with van der Waals surface area (Å²) in [6.45, 7) is 0. The Bertz CT molecular complexity index is 426. The van der Waals surface area contributed by atoms with Crippen molar-refractivity contribution in [2.24, 2.45) is 0 Å². The SMILES string of the molecule is COc1ccc(C#N)c(I)c1C(=O)Cl. The maximum Gasteiger partial charge on any atom is 0.257 e. The van der Waals surface area contributed by atoms with Crippen LogP contribution >= 0.6 is 34.2 Å². The van der Waals surface area contributed by atoms with Crippen molar-refractivity contribution in [1.82, 2.24) is 0 Å². The summed E-state index contributed by atoms with van der Waals surface area (Å²) in [6, 6.07) is 5.11. The summed E-state index contributed by atoms with van der Waals surface area (Å²) in [6.07, 6.45) is 0. The Hall–Kier alpha value is -0.800. The number of halogens is 2. The highest BCUT2D eigenvalue weighted by Crippen LogP contribution is 2.28. The fourth-order valence-corrected chi connectivity index (χ4v) is 2.16. The van der Waals surface area contributed by atoms with Crippen LogP contribution in [0.25, 0.3) is 0 Å². The fourth-order valence-electron chi connectivity index (χ4n) is 0.998. The van der Waals surface area contributed by atoms with Gasteiger partial charge in [0.1, 0.15) is 11.8 Å². The summed E-state index contributed by atoms with van der Waals surface area (Å²) >= 11 is 7.29. The summed E-state index contributed by atoms with van der Waals surface area (Å²) in [5.74, 6) is 0.383. The number of carbonyl (C=O) groups excluding carboxylic acids is 1. The van der Waals surface area contributed by atoms with Crippen LogP contribution in [0, 0.1) is 14.9 Å². The molecule has 14 heavy (non-hydrogen) atoms. The van der Waals surface area contributed by atoms with E-state index in [1.165, 1.54) is 7.11 Å². The molecule has 1 rings (SSSR count). The van der Waals surface area contributed by atoms with Crippen molar-refractivity contribution >= 4 is 39.4 Å². The van der Waals surface area contributed by atoms with Crippen LogP contribution in [0.5, 0.6) is 5.75 Å². The van der Waals surface area contributed by atoms with E-state index in [2.05, 4.69) is 0 Å². The van der Waals surface area contributed by atoms with Crippen LogP contribution in [0.3, 0.4) is 0 Å². The highest BCUT2D eigenvalue weighted by molar-refractivity contribution is 14.1. The number of rotatable bonds is 2. The monoisotopic (exact) mass is 321 g/mol. The summed E-state index contributed by atoms with van der Waals surface area (Å²) < 4.78 is 5.49. The molecule has 72 valence electrons. The van der Waals surface area contributed by atoms with E-state index in [-0.39, 0.29) is 5.56 Å². The second kappa shape index (κ2) is 4.62. The van der Waals surface area contributed by atoms with Gasteiger partial charge in [0.15, 0.2) is 0 Å². The summed E-state index contributed by atoms with van der Waals surface area (Å²) in [5.41, 5.74) is 0.657. The van der Waals surface area contributed by atoms with Crippen molar-refractivity contribution < 1.29 is 9.53 Å². The number of methoxy groups -OCH3 is 1. The minimum Gasteiger partial charge on any atom is -0.496 e. The standard InChI is InChI=1S/C9H5ClINO2/c1-14-6-3-2-5(4-12)8(11)7(6)9(10)13/h2-3H,1H3. The molecule has 0 aliphatic heterocycles. The molecule has 0 atom stereocenters. The first-order valence-electron chi connectivity index (χ1n) is 3.58. The second-order valence-corrected chi connectivity index (χ2v) is 3.81. The number of ether oxygens (including phenoxy) is 1. The Kier molecular flexibility index (Phi) is 3.72. The van der Waals surface area contributed by atoms with E-state index in [9.17, 15) is 4.79 Å². The number of nitrogens with zero attached hydrogens (tertiary/aromatic N) is 1. The molecule has 1 aromatic rings. The predicted octanol–water partition coefficient (Wildman–Crippen LogP) is 2.55. The molecule has 5 heteroatoms. The van der Waals surface area contributed by atoms with Crippen molar-refractivity contribution in [2.45, 2.75) is 0 Å². The highest BCUT2D eigenvalue weighted by atomic mass is 127. The van der Waals surface area contributed by atoms with Gasteiger partial charge in [-0.3, -0.25) is 4.79 Å². The predicted molar refractivity (Wildman–Crippen MR) is 60.6 cm³/mol. The first kappa shape index (κ1) is 11.3. The van der Waals surface area contributed by atoms with E-state index in [1.54, 1.807) is 12.1 Å². The molecule has 0 spiro atoms. The van der Waals surface area contributed by atoms with Crippen molar-refractivity contribution in [3.8, 4) is 11.8 Å². The molecule has 0 radical (unpaired) electrons. The van der Waals surface area contributed by atoms with E-state index < -0.39 is 5.24 Å². The van der Waals surface area contributed by atoms with Crippen LogP contribution in [0.1, 0.15) is 15.9 Å². The molecule has 0 heterocycles. The molecule has 0 saturated carbocycles. The van der Waals surface area contributed by atoms with Crippen molar-refractivity contribution in [2.75, 3.05) is 7.11 Å². The average Bonchev–Trinajstić information content (AvgIpc) is 2.16. The Morgan fingerprint density at radius 3 is 2.71 bits per heavy atom. The van der Waals surface area contributed by atoms with E-state index in [0.717, 1.165) is 0 Å². The van der Waals surface area contributed by atoms with Gasteiger partial charge in [0.05, 0.1) is 18.2 Å². The third-order valence-corrected chi connectivity index (χ3v) is 2.95. The zero-order chi connectivity index (χ0) is 10.7. The normalized spacial score (nSPS) is 9.29. The molecule has 0 saturated heterocycles. The Morgan fingerprint density at radius 1 is 1.64 bits per heavy atom. The molecule has 0 N–H and O–H groups in total. The van der Waals surface area contributed by atoms with Gasteiger partial charge < -0.3 is 4.74 Å². The molecule has 0 aliphatic carbocycles. The first-order valence-corrected chi connectivity index (χ1v) is 5.04. The zero-order valence-corrected chi connectivity index (χ0v) is 10.1. The van der Waals surface area contributed by atoms with Gasteiger partial charge in [-0.05, 0) is 46.3 Å². The minimum atomic E-state index is -0.622. The maximum absolute atomic E-state index is 11.1. The molecular formula is C9H5ClINO2. The van der Waals surface area contributed by atoms with Crippen LogP contribution in [0.2, 0.25) is 0 Å². The minimum absolute atomic E-state index is 0.244. The molecule has 1 aromatic carbocycles. The van der Waals surface area contributed by atoms with Gasteiger partial charge in [-0.2, -0.15) is 5.26 Å². The zero-order valence-electron chi connectivity index (χ0n) is 7.17. The lowest BCUT2D eigenvalue weighted by Gasteiger charge is -2.07. The Morgan fingerprint density at radius 2 is 2.29 bits per heavy atom. The molecule has 3 nitrogen and oxygen atoms in total. The van der Waals surface area contributed by atoms with Crippen LogP contribution in [0.4, 0.5) is 0 Å². The lowest BCUT2D eigenvalue weighted by molar-refractivity contribution is 0.107. The highest BCUT2D eigenvalue weighted by Gasteiger charge is 2.16. The van der Waals surface area contributed by atoms with Crippen LogP contribution in [0.15, 0.2) is 12.1 Å². The van der Waals surface area contributed by atoms with E-state index in [4.69, 9.17) is 21.6 Å². The maximum atomic E-state index is 11.1. The Labute approximate surface area is 99.8 Å². The smallest absolute Gasteiger partial charge is 0.257 e. The molecule has 0 unspecified atom stereocenters. The lowest BCUT2D eigenvalue weighted by atomic mass is 10.1. The molecular weight excluding hydrogens is 316 g/mol. The average molecular weight is 322 g/mol. The van der Waals surface area contributed by atoms with Gasteiger partial charge in [0.2, 0.25) is 0 Å². The molecule has 0 bridgehead atoms. The molecule has 0 aromatic heterocycles. The van der Waals surface area contributed by atoms with Gasteiger partial charge in [-0.25, -0.2) is 0 Å². The third-order valence-electron chi connectivity index (χ3n) is 1.64. The third kappa shape index (κ3) is 1.99. The summed E-state index contributed by atoms with van der Waals surface area (Å²) in [4.78, 5) is 11.1. The van der Waals surface area contributed by atoms with Gasteiger partial charge in [-0.15, -0.1) is 0 Å². The van der Waals surface area contributed by atoms with Crippen LogP contribution < -0.4 is 4.74 Å². The number of carbonyl (C=O) groups is 1. The van der Waals surface area contributed by atoms with Gasteiger partial charge in [-0.1, -0.05) is 0 Å². The summed E-state index contributed by atoms with van der Waals surface area (Å²) in [7, 11) is 1.45. The molecule has 0 fully saturated rings. The Balaban J connectivity index is 3.49. The van der Waals surface area contributed by atoms with Gasteiger partial charge in [0.25, 0.3) is 5.24 Å². The van der Waals surface area contributed by atoms with Gasteiger partial charge in [0, 0.05) is 3.57 Å². The van der Waals surface area contributed by atoms with Gasteiger partial charge >= 0.3 is 0 Å². The fraction of sp³-hybridized carbons (Fsp3) is 0.111. The van der Waals surface area contributed by atoms with Crippen molar-refractivity contribution in [3.05, 3.63) is 26.8 Å². The largest absolute Gasteiger partial charge is 0.496 e. The van der Waals surface area contributed by atoms with Crippen molar-refractivity contribution in [1.29, 1.82) is 5.26 Å². The number of hydrogen-bond acceptors (Lipinski definition) is 3. The topological polar surface area (TPSA) is 50.1 Å². The molecule has 0 amide bonds. The van der Waals surface area contributed by atoms with Crippen molar-refractivity contribution in [3.63, 3.8) is 0 Å². The number of hydrogen-bond donors (Lipinski definition) is 0. The van der Waals surface area contributed by atoms with Crippen LogP contribution in [-0.2, 0) is 0 Å². The van der Waals surface area contributed by atoms with E-state index in [0.29, 0.717) is 14.9 Å². The first-order chi connectivity index (χ1) is 6.61.